The summed E-state index contributed by atoms with van der Waals surface area (Å²) in [6, 6.07) is 0.609. The molecule has 0 bridgehead atoms. The normalized spacial score (nSPS) is 22.7. The predicted molar refractivity (Wildman–Crippen MR) is 55.2 cm³/mol. The number of rotatable bonds is 3. The Morgan fingerprint density at radius 1 is 1.64 bits per heavy atom. The summed E-state index contributed by atoms with van der Waals surface area (Å²) >= 11 is 0. The summed E-state index contributed by atoms with van der Waals surface area (Å²) in [7, 11) is 1.39. The lowest BCUT2D eigenvalue weighted by molar-refractivity contribution is 0.169. The second-order valence-corrected chi connectivity index (χ2v) is 4.12. The van der Waals surface area contributed by atoms with E-state index in [2.05, 4.69) is 28.8 Å². The van der Waals surface area contributed by atoms with E-state index in [1.807, 2.05) is 0 Å². The van der Waals surface area contributed by atoms with E-state index in [9.17, 15) is 4.79 Å². The molecule has 1 atom stereocenters. The Bertz CT molecular complexity index is 195. The highest BCUT2D eigenvalue weighted by molar-refractivity contribution is 5.66. The number of carbonyl (C=O) groups is 1. The van der Waals surface area contributed by atoms with Crippen molar-refractivity contribution in [3.8, 4) is 0 Å². The average molecular weight is 200 g/mol. The molecule has 1 rings (SSSR count). The molecule has 0 saturated carbocycles. The highest BCUT2D eigenvalue weighted by Gasteiger charge is 2.24. The van der Waals surface area contributed by atoms with Crippen molar-refractivity contribution >= 4 is 6.09 Å². The monoisotopic (exact) mass is 200 g/mol. The standard InChI is InChI=1S/C10H20N2O2/c1-8(2)12-5-4-9(7-12)6-11-10(13)14-3/h8-9H,4-7H2,1-3H3,(H,11,13). The number of nitrogens with one attached hydrogen (secondary N) is 1. The van der Waals surface area contributed by atoms with E-state index in [0.29, 0.717) is 12.0 Å². The number of likely N-dealkylation sites (tertiary alicyclic amines) is 1. The fraction of sp³-hybridized carbons (Fsp3) is 0.900. The first-order chi connectivity index (χ1) is 6.63. The molecule has 0 aromatic heterocycles. The summed E-state index contributed by atoms with van der Waals surface area (Å²) in [6.45, 7) is 7.37. The summed E-state index contributed by atoms with van der Waals surface area (Å²) in [5.74, 6) is 0.580. The lowest BCUT2D eigenvalue weighted by atomic mass is 10.1. The summed E-state index contributed by atoms with van der Waals surface area (Å²) in [5, 5.41) is 2.75. The number of alkyl carbamates (subject to hydrolysis) is 1. The fourth-order valence-corrected chi connectivity index (χ4v) is 1.80. The Morgan fingerprint density at radius 2 is 2.36 bits per heavy atom. The molecular formula is C10H20N2O2. The van der Waals surface area contributed by atoms with Gasteiger partial charge in [0.1, 0.15) is 0 Å². The molecule has 1 aliphatic heterocycles. The Morgan fingerprint density at radius 3 is 2.86 bits per heavy atom. The van der Waals surface area contributed by atoms with Crippen LogP contribution in [0.4, 0.5) is 4.79 Å². The smallest absolute Gasteiger partial charge is 0.406 e. The summed E-state index contributed by atoms with van der Waals surface area (Å²) in [6.07, 6.45) is 0.843. The molecule has 4 heteroatoms. The van der Waals surface area contributed by atoms with Crippen molar-refractivity contribution < 1.29 is 9.53 Å². The fourth-order valence-electron chi connectivity index (χ4n) is 1.80. The van der Waals surface area contributed by atoms with Gasteiger partial charge in [0.05, 0.1) is 7.11 Å². The Labute approximate surface area is 85.6 Å². The van der Waals surface area contributed by atoms with E-state index in [1.165, 1.54) is 13.5 Å². The molecule has 0 spiro atoms. The van der Waals surface area contributed by atoms with Gasteiger partial charge in [0.2, 0.25) is 0 Å². The van der Waals surface area contributed by atoms with Crippen LogP contribution in [0.3, 0.4) is 0 Å². The van der Waals surface area contributed by atoms with Crippen molar-refractivity contribution in [3.63, 3.8) is 0 Å². The van der Waals surface area contributed by atoms with Crippen molar-refractivity contribution in [1.29, 1.82) is 0 Å². The molecule has 0 aromatic rings. The predicted octanol–water partition coefficient (Wildman–Crippen LogP) is 1.07. The first kappa shape index (κ1) is 11.3. The van der Waals surface area contributed by atoms with E-state index in [4.69, 9.17) is 0 Å². The van der Waals surface area contributed by atoms with Crippen LogP contribution in [0.2, 0.25) is 0 Å². The van der Waals surface area contributed by atoms with Crippen LogP contribution in [0.1, 0.15) is 20.3 Å². The van der Waals surface area contributed by atoms with Crippen LogP contribution in [0, 0.1) is 5.92 Å². The van der Waals surface area contributed by atoms with E-state index in [-0.39, 0.29) is 6.09 Å². The van der Waals surface area contributed by atoms with E-state index in [0.717, 1.165) is 19.6 Å². The maximum absolute atomic E-state index is 10.8. The molecule has 1 N–H and O–H groups in total. The minimum absolute atomic E-state index is 0.326. The summed E-state index contributed by atoms with van der Waals surface area (Å²) in [4.78, 5) is 13.3. The van der Waals surface area contributed by atoms with Crippen molar-refractivity contribution in [2.24, 2.45) is 5.92 Å². The van der Waals surface area contributed by atoms with Gasteiger partial charge in [-0.1, -0.05) is 0 Å². The zero-order chi connectivity index (χ0) is 10.6. The van der Waals surface area contributed by atoms with Crippen molar-refractivity contribution in [2.75, 3.05) is 26.7 Å². The lowest BCUT2D eigenvalue weighted by Crippen LogP contribution is -2.32. The van der Waals surface area contributed by atoms with E-state index < -0.39 is 0 Å². The number of amides is 1. The molecule has 1 fully saturated rings. The Hall–Kier alpha value is -0.770. The molecule has 0 aliphatic carbocycles. The number of nitrogens with zero attached hydrogens (tertiary/aromatic N) is 1. The van der Waals surface area contributed by atoms with Crippen LogP contribution in [-0.4, -0.2) is 43.8 Å². The molecule has 14 heavy (non-hydrogen) atoms. The van der Waals surface area contributed by atoms with Crippen LogP contribution < -0.4 is 5.32 Å². The van der Waals surface area contributed by atoms with Gasteiger partial charge in [0.15, 0.2) is 0 Å². The van der Waals surface area contributed by atoms with Crippen LogP contribution in [0.15, 0.2) is 0 Å². The van der Waals surface area contributed by atoms with Gasteiger partial charge in [-0.05, 0) is 32.7 Å². The first-order valence-corrected chi connectivity index (χ1v) is 5.19. The highest BCUT2D eigenvalue weighted by atomic mass is 16.5. The number of methoxy groups -OCH3 is 1. The first-order valence-electron chi connectivity index (χ1n) is 5.19. The third kappa shape index (κ3) is 3.18. The van der Waals surface area contributed by atoms with Crippen LogP contribution in [-0.2, 0) is 4.74 Å². The topological polar surface area (TPSA) is 41.6 Å². The number of hydrogen-bond acceptors (Lipinski definition) is 3. The highest BCUT2D eigenvalue weighted by Crippen LogP contribution is 2.17. The molecule has 0 radical (unpaired) electrons. The molecular weight excluding hydrogens is 180 g/mol. The molecule has 1 aliphatic rings. The van der Waals surface area contributed by atoms with Crippen molar-refractivity contribution in [2.45, 2.75) is 26.3 Å². The zero-order valence-corrected chi connectivity index (χ0v) is 9.25. The van der Waals surface area contributed by atoms with E-state index >= 15 is 0 Å². The van der Waals surface area contributed by atoms with Gasteiger partial charge < -0.3 is 15.0 Å². The molecule has 4 nitrogen and oxygen atoms in total. The molecule has 82 valence electrons. The second-order valence-electron chi connectivity index (χ2n) is 4.12. The van der Waals surface area contributed by atoms with Crippen LogP contribution in [0.25, 0.3) is 0 Å². The second kappa shape index (κ2) is 5.20. The summed E-state index contributed by atoms with van der Waals surface area (Å²) < 4.78 is 4.52. The third-order valence-electron chi connectivity index (χ3n) is 2.77. The van der Waals surface area contributed by atoms with Gasteiger partial charge in [0.25, 0.3) is 0 Å². The largest absolute Gasteiger partial charge is 0.453 e. The van der Waals surface area contributed by atoms with Gasteiger partial charge >= 0.3 is 6.09 Å². The molecule has 0 aromatic carbocycles. The van der Waals surface area contributed by atoms with Crippen LogP contribution >= 0.6 is 0 Å². The van der Waals surface area contributed by atoms with E-state index in [1.54, 1.807) is 0 Å². The quantitative estimate of drug-likeness (QED) is 0.741. The van der Waals surface area contributed by atoms with Gasteiger partial charge in [-0.2, -0.15) is 0 Å². The zero-order valence-electron chi connectivity index (χ0n) is 9.25. The maximum atomic E-state index is 10.8. The SMILES string of the molecule is COC(=O)NCC1CCN(C(C)C)C1. The number of carbonyl (C=O) groups excluding carboxylic acids is 1. The van der Waals surface area contributed by atoms with Gasteiger partial charge in [-0.25, -0.2) is 4.79 Å². The molecule has 1 amide bonds. The van der Waals surface area contributed by atoms with Gasteiger partial charge in [-0.15, -0.1) is 0 Å². The van der Waals surface area contributed by atoms with Crippen molar-refractivity contribution in [1.82, 2.24) is 10.2 Å². The Kier molecular flexibility index (Phi) is 4.20. The van der Waals surface area contributed by atoms with Gasteiger partial charge in [0, 0.05) is 19.1 Å². The Balaban J connectivity index is 2.19. The number of hydrogen-bond donors (Lipinski definition) is 1. The molecule has 1 heterocycles. The average Bonchev–Trinajstić information content (AvgIpc) is 2.62. The molecule has 1 saturated heterocycles. The maximum Gasteiger partial charge on any atom is 0.406 e. The minimum atomic E-state index is -0.326. The molecule has 1 unspecified atom stereocenters. The van der Waals surface area contributed by atoms with Crippen LogP contribution in [0.5, 0.6) is 0 Å². The summed E-state index contributed by atoms with van der Waals surface area (Å²) in [5.41, 5.74) is 0. The van der Waals surface area contributed by atoms with Crippen molar-refractivity contribution in [3.05, 3.63) is 0 Å². The third-order valence-corrected chi connectivity index (χ3v) is 2.77. The van der Waals surface area contributed by atoms with Gasteiger partial charge in [-0.3, -0.25) is 0 Å². The lowest BCUT2D eigenvalue weighted by Gasteiger charge is -2.20. The minimum Gasteiger partial charge on any atom is -0.453 e. The number of ether oxygens (including phenoxy) is 1.